The first-order valence-electron chi connectivity index (χ1n) is 10.6. The van der Waals surface area contributed by atoms with Crippen molar-refractivity contribution < 1.29 is 24.1 Å². The monoisotopic (exact) mass is 486 g/mol. The summed E-state index contributed by atoms with van der Waals surface area (Å²) in [7, 11) is 0. The van der Waals surface area contributed by atoms with E-state index in [2.05, 4.69) is 9.97 Å². The molecule has 0 saturated heterocycles. The minimum Gasteiger partial charge on any atom is -0.429 e. The number of rotatable bonds is 8. The zero-order valence-electron chi connectivity index (χ0n) is 18.6. The second kappa shape index (κ2) is 10.8. The van der Waals surface area contributed by atoms with Gasteiger partial charge in [-0.3, -0.25) is 30.2 Å². The molecule has 0 fully saturated rings. The third kappa shape index (κ3) is 6.03. The maximum Gasteiger partial charge on any atom is 0.508 e. The number of nitrogens with zero attached hydrogens (tertiary/aromatic N) is 4. The first kappa shape index (κ1) is 24.0. The van der Waals surface area contributed by atoms with E-state index < -0.39 is 16.0 Å². The minimum absolute atomic E-state index is 0.0185. The lowest BCUT2D eigenvalue weighted by molar-refractivity contribution is -0.385. The average Bonchev–Trinajstić information content (AvgIpc) is 2.91. The second-order valence-corrected chi connectivity index (χ2v) is 7.53. The minimum atomic E-state index is -0.864. The van der Waals surface area contributed by atoms with Gasteiger partial charge in [0.25, 0.3) is 11.4 Å². The van der Waals surface area contributed by atoms with Crippen LogP contribution in [0, 0.1) is 20.2 Å². The lowest BCUT2D eigenvalue weighted by Gasteiger charge is -2.08. The number of non-ortho nitro benzene ring substituents is 2. The summed E-state index contributed by atoms with van der Waals surface area (Å²) in [4.78, 5) is 41.3. The number of benzene rings is 2. The van der Waals surface area contributed by atoms with E-state index in [1.54, 1.807) is 60.9 Å². The van der Waals surface area contributed by atoms with Gasteiger partial charge < -0.3 is 9.47 Å². The number of hydrogen-bond donors (Lipinski definition) is 0. The van der Waals surface area contributed by atoms with Crippen LogP contribution in [0.25, 0.3) is 22.5 Å². The molecular weight excluding hydrogens is 468 g/mol. The van der Waals surface area contributed by atoms with Crippen molar-refractivity contribution >= 4 is 17.5 Å². The number of nitro benzene ring substituents is 2. The van der Waals surface area contributed by atoms with Crippen LogP contribution in [0.15, 0.2) is 85.2 Å². The second-order valence-electron chi connectivity index (χ2n) is 7.53. The van der Waals surface area contributed by atoms with Gasteiger partial charge in [-0.15, -0.1) is 0 Å². The molecule has 0 aliphatic carbocycles. The summed E-state index contributed by atoms with van der Waals surface area (Å²) < 4.78 is 10.4. The Morgan fingerprint density at radius 3 is 1.42 bits per heavy atom. The molecule has 0 amide bonds. The molecule has 11 nitrogen and oxygen atoms in total. The van der Waals surface area contributed by atoms with Crippen molar-refractivity contribution in [3.05, 3.63) is 117 Å². The highest BCUT2D eigenvalue weighted by molar-refractivity contribution is 5.63. The highest BCUT2D eigenvalue weighted by atomic mass is 16.7. The normalized spacial score (nSPS) is 10.4. The first-order chi connectivity index (χ1) is 17.4. The highest BCUT2D eigenvalue weighted by Gasteiger charge is 2.10. The Bertz CT molecular complexity index is 1300. The van der Waals surface area contributed by atoms with Crippen LogP contribution in [0.4, 0.5) is 16.2 Å². The van der Waals surface area contributed by atoms with Gasteiger partial charge in [-0.1, -0.05) is 0 Å². The maximum atomic E-state index is 12.1. The Hall–Kier alpha value is -5.19. The number of carbonyl (C=O) groups excluding carboxylic acids is 1. The van der Waals surface area contributed by atoms with Crippen molar-refractivity contribution in [2.45, 2.75) is 13.2 Å². The zero-order valence-corrected chi connectivity index (χ0v) is 18.6. The summed E-state index contributed by atoms with van der Waals surface area (Å²) >= 11 is 0. The number of aromatic nitrogens is 2. The van der Waals surface area contributed by atoms with E-state index in [1.165, 1.54) is 24.3 Å². The molecule has 36 heavy (non-hydrogen) atoms. The van der Waals surface area contributed by atoms with E-state index in [-0.39, 0.29) is 24.6 Å². The van der Waals surface area contributed by atoms with Gasteiger partial charge in [-0.2, -0.15) is 0 Å². The van der Waals surface area contributed by atoms with Crippen LogP contribution >= 0.6 is 0 Å². The van der Waals surface area contributed by atoms with Gasteiger partial charge in [-0.25, -0.2) is 4.79 Å². The molecule has 0 spiro atoms. The van der Waals surface area contributed by atoms with E-state index in [0.717, 1.165) is 0 Å². The smallest absolute Gasteiger partial charge is 0.429 e. The summed E-state index contributed by atoms with van der Waals surface area (Å²) in [6.07, 6.45) is 2.24. The fraction of sp³-hybridized carbons (Fsp3) is 0.0800. The van der Waals surface area contributed by atoms with Gasteiger partial charge in [0.1, 0.15) is 13.2 Å². The van der Waals surface area contributed by atoms with Crippen molar-refractivity contribution in [1.29, 1.82) is 0 Å². The summed E-state index contributed by atoms with van der Waals surface area (Å²) in [5, 5.41) is 21.6. The van der Waals surface area contributed by atoms with E-state index in [9.17, 15) is 25.0 Å². The largest absolute Gasteiger partial charge is 0.508 e. The first-order valence-corrected chi connectivity index (χ1v) is 10.6. The lowest BCUT2D eigenvalue weighted by atomic mass is 10.1. The van der Waals surface area contributed by atoms with E-state index in [4.69, 9.17) is 9.47 Å². The summed E-state index contributed by atoms with van der Waals surface area (Å²) in [6, 6.07) is 18.8. The summed E-state index contributed by atoms with van der Waals surface area (Å²) in [5.74, 6) is 0. The topological polar surface area (TPSA) is 148 Å². The van der Waals surface area contributed by atoms with E-state index in [1.807, 2.05) is 0 Å². The fourth-order valence-electron chi connectivity index (χ4n) is 3.28. The van der Waals surface area contributed by atoms with Crippen molar-refractivity contribution in [2.24, 2.45) is 0 Å². The van der Waals surface area contributed by atoms with Crippen molar-refractivity contribution in [3.8, 4) is 22.5 Å². The molecule has 0 radical (unpaired) electrons. The van der Waals surface area contributed by atoms with Crippen LogP contribution in [0.2, 0.25) is 0 Å². The highest BCUT2D eigenvalue weighted by Crippen LogP contribution is 2.23. The molecule has 2 heterocycles. The third-order valence-corrected chi connectivity index (χ3v) is 5.11. The Balaban J connectivity index is 1.32. The third-order valence-electron chi connectivity index (χ3n) is 5.11. The summed E-state index contributed by atoms with van der Waals surface area (Å²) in [5.41, 5.74) is 3.83. The van der Waals surface area contributed by atoms with Crippen molar-refractivity contribution in [3.63, 3.8) is 0 Å². The molecule has 0 bridgehead atoms. The average molecular weight is 486 g/mol. The summed E-state index contributed by atoms with van der Waals surface area (Å²) in [6.45, 7) is -0.0998. The van der Waals surface area contributed by atoms with Gasteiger partial charge in [0.15, 0.2) is 0 Å². The maximum absolute atomic E-state index is 12.1. The lowest BCUT2D eigenvalue weighted by Crippen LogP contribution is -2.08. The molecule has 11 heteroatoms. The van der Waals surface area contributed by atoms with Crippen LogP contribution in [0.5, 0.6) is 0 Å². The Morgan fingerprint density at radius 1 is 0.667 bits per heavy atom. The van der Waals surface area contributed by atoms with E-state index in [0.29, 0.717) is 33.6 Å². The standard InChI is InChI=1S/C25H18N4O7/c30-25(35-15-17-9-11-26-23(13-17)19-1-5-21(6-2-19)28(31)32)36-16-18-10-12-27-24(14-18)20-3-7-22(8-4-20)29(33)34/h1-14H,15-16H2. The predicted molar refractivity (Wildman–Crippen MR) is 128 cm³/mol. The van der Waals surface area contributed by atoms with Crippen LogP contribution in [-0.4, -0.2) is 26.0 Å². The Morgan fingerprint density at radius 2 is 1.06 bits per heavy atom. The molecule has 0 aliphatic heterocycles. The van der Waals surface area contributed by atoms with Gasteiger partial charge in [0.2, 0.25) is 0 Å². The van der Waals surface area contributed by atoms with Crippen LogP contribution in [0.3, 0.4) is 0 Å². The fourth-order valence-corrected chi connectivity index (χ4v) is 3.28. The number of pyridine rings is 2. The number of carbonyl (C=O) groups is 1. The molecular formula is C25H18N4O7. The molecule has 2 aromatic carbocycles. The number of hydrogen-bond acceptors (Lipinski definition) is 9. The molecule has 4 aromatic rings. The van der Waals surface area contributed by atoms with Gasteiger partial charge in [0, 0.05) is 47.8 Å². The van der Waals surface area contributed by atoms with Gasteiger partial charge in [0.05, 0.1) is 21.2 Å². The van der Waals surface area contributed by atoms with Crippen LogP contribution in [0.1, 0.15) is 11.1 Å². The van der Waals surface area contributed by atoms with Crippen molar-refractivity contribution in [2.75, 3.05) is 0 Å². The molecule has 180 valence electrons. The van der Waals surface area contributed by atoms with Crippen LogP contribution < -0.4 is 0 Å². The molecule has 0 N–H and O–H groups in total. The van der Waals surface area contributed by atoms with Crippen LogP contribution in [-0.2, 0) is 22.7 Å². The van der Waals surface area contributed by atoms with Gasteiger partial charge >= 0.3 is 6.16 Å². The van der Waals surface area contributed by atoms with Crippen molar-refractivity contribution in [1.82, 2.24) is 9.97 Å². The number of ether oxygens (including phenoxy) is 2. The molecule has 2 aromatic heterocycles. The SMILES string of the molecule is O=C(OCc1ccnc(-c2ccc([N+](=O)[O-])cc2)c1)OCc1ccnc(-c2ccc([N+](=O)[O-])cc2)c1. The van der Waals surface area contributed by atoms with Gasteiger partial charge in [-0.05, 0) is 59.7 Å². The van der Waals surface area contributed by atoms with E-state index >= 15 is 0 Å². The number of nitro groups is 2. The quantitative estimate of drug-likeness (QED) is 0.179. The molecule has 0 saturated carbocycles. The molecule has 0 unspecified atom stereocenters. The molecule has 4 rings (SSSR count). The Labute approximate surface area is 204 Å². The zero-order chi connectivity index (χ0) is 25.5. The Kier molecular flexibility index (Phi) is 7.20. The molecule has 0 aliphatic rings. The predicted octanol–water partition coefficient (Wildman–Crippen LogP) is 5.48. The molecule has 0 atom stereocenters.